The number of allylic oxidation sites excluding steroid dienone is 3. The Kier molecular flexibility index (Phi) is 7.19. The van der Waals surface area contributed by atoms with Gasteiger partial charge in [0.15, 0.2) is 5.78 Å². The summed E-state index contributed by atoms with van der Waals surface area (Å²) in [5, 5.41) is 5.87. The standard InChI is InChI=1S/C31H28F2N2O4/c1-17-28(31(37)35-24-11-9-20(32)15-23(24)33)29(22-16-21(38-2)10-12-27(22)39-3)30-25(34-17)13-19(14-26(30)36)18-7-5-4-6-8-18/h4-12,15-16,19,29,34H,13-14H2,1-3H3,(H,35,37)/t19-,29-/m0/s1. The van der Waals surface area contributed by atoms with Crippen LogP contribution < -0.4 is 20.1 Å². The zero-order valence-electron chi connectivity index (χ0n) is 21.8. The molecule has 1 heterocycles. The Morgan fingerprint density at radius 2 is 1.74 bits per heavy atom. The number of hydrogen-bond donors (Lipinski definition) is 2. The molecule has 2 N–H and O–H groups in total. The number of Topliss-reactive ketones (excluding diaryl/α,β-unsaturated/α-hetero) is 1. The Hall–Kier alpha value is -4.46. The molecule has 3 aromatic rings. The van der Waals surface area contributed by atoms with Gasteiger partial charge in [-0.1, -0.05) is 30.3 Å². The summed E-state index contributed by atoms with van der Waals surface area (Å²) in [7, 11) is 3.04. The molecule has 0 saturated heterocycles. The van der Waals surface area contributed by atoms with Gasteiger partial charge in [-0.25, -0.2) is 8.78 Å². The average molecular weight is 531 g/mol. The molecular weight excluding hydrogens is 502 g/mol. The topological polar surface area (TPSA) is 76.7 Å². The van der Waals surface area contributed by atoms with Crippen molar-refractivity contribution in [3.05, 3.63) is 112 Å². The molecule has 3 aromatic carbocycles. The second-order valence-electron chi connectivity index (χ2n) is 9.61. The third kappa shape index (κ3) is 5.02. The van der Waals surface area contributed by atoms with Crippen LogP contribution in [0.25, 0.3) is 0 Å². The van der Waals surface area contributed by atoms with Gasteiger partial charge in [0.25, 0.3) is 5.91 Å². The first kappa shape index (κ1) is 26.2. The predicted molar refractivity (Wildman–Crippen MR) is 144 cm³/mol. The van der Waals surface area contributed by atoms with Crippen molar-refractivity contribution < 1.29 is 27.8 Å². The van der Waals surface area contributed by atoms with Crippen LogP contribution in [0.5, 0.6) is 11.5 Å². The summed E-state index contributed by atoms with van der Waals surface area (Å²) in [5.41, 5.74) is 3.41. The summed E-state index contributed by atoms with van der Waals surface area (Å²) in [5.74, 6) is -2.20. The van der Waals surface area contributed by atoms with E-state index in [2.05, 4.69) is 10.6 Å². The van der Waals surface area contributed by atoms with E-state index in [4.69, 9.17) is 9.47 Å². The van der Waals surface area contributed by atoms with Crippen molar-refractivity contribution in [1.29, 1.82) is 0 Å². The maximum absolute atomic E-state index is 14.5. The molecule has 0 radical (unpaired) electrons. The first-order valence-electron chi connectivity index (χ1n) is 12.6. The van der Waals surface area contributed by atoms with Crippen molar-refractivity contribution in [3.8, 4) is 11.5 Å². The number of hydrogen-bond acceptors (Lipinski definition) is 5. The van der Waals surface area contributed by atoms with Gasteiger partial charge in [0.2, 0.25) is 0 Å². The van der Waals surface area contributed by atoms with Gasteiger partial charge in [0.1, 0.15) is 23.1 Å². The molecule has 200 valence electrons. The number of nitrogens with one attached hydrogen (secondary N) is 2. The quantitative estimate of drug-likeness (QED) is 0.410. The fourth-order valence-electron chi connectivity index (χ4n) is 5.46. The molecule has 0 fully saturated rings. The molecular formula is C31H28F2N2O4. The summed E-state index contributed by atoms with van der Waals surface area (Å²) in [6.45, 7) is 1.75. The molecule has 6 nitrogen and oxygen atoms in total. The van der Waals surface area contributed by atoms with Crippen LogP contribution in [0.1, 0.15) is 42.7 Å². The summed E-state index contributed by atoms with van der Waals surface area (Å²) in [6, 6.07) is 18.0. The second kappa shape index (κ2) is 10.7. The number of rotatable bonds is 6. The van der Waals surface area contributed by atoms with Crippen LogP contribution in [-0.4, -0.2) is 25.9 Å². The lowest BCUT2D eigenvalue weighted by Gasteiger charge is -2.37. The lowest BCUT2D eigenvalue weighted by molar-refractivity contribution is -0.116. The van der Waals surface area contributed by atoms with Crippen molar-refractivity contribution in [1.82, 2.24) is 5.32 Å². The SMILES string of the molecule is COc1ccc(OC)c([C@H]2C(C(=O)Nc3ccc(F)cc3F)=C(C)NC3=C2C(=O)C[C@@H](c2ccccc2)C3)c1. The Morgan fingerprint density at radius 1 is 0.974 bits per heavy atom. The maximum atomic E-state index is 14.5. The van der Waals surface area contributed by atoms with Gasteiger partial charge in [-0.3, -0.25) is 9.59 Å². The summed E-state index contributed by atoms with van der Waals surface area (Å²) in [4.78, 5) is 27.6. The number of carbonyl (C=O) groups is 2. The highest BCUT2D eigenvalue weighted by Crippen LogP contribution is 2.48. The van der Waals surface area contributed by atoms with Crippen molar-refractivity contribution in [3.63, 3.8) is 0 Å². The molecule has 8 heteroatoms. The van der Waals surface area contributed by atoms with E-state index in [1.807, 2.05) is 30.3 Å². The molecule has 39 heavy (non-hydrogen) atoms. The molecule has 0 unspecified atom stereocenters. The zero-order valence-corrected chi connectivity index (χ0v) is 21.8. The summed E-state index contributed by atoms with van der Waals surface area (Å²) in [6.07, 6.45) is 0.848. The molecule has 1 aliphatic carbocycles. The number of anilines is 1. The third-order valence-corrected chi connectivity index (χ3v) is 7.27. The predicted octanol–water partition coefficient (Wildman–Crippen LogP) is 5.98. The summed E-state index contributed by atoms with van der Waals surface area (Å²) >= 11 is 0. The monoisotopic (exact) mass is 530 g/mol. The molecule has 0 bridgehead atoms. The van der Waals surface area contributed by atoms with E-state index in [9.17, 15) is 18.4 Å². The minimum absolute atomic E-state index is 0.0192. The fraction of sp³-hybridized carbons (Fsp3) is 0.226. The van der Waals surface area contributed by atoms with E-state index in [0.29, 0.717) is 40.8 Å². The average Bonchev–Trinajstić information content (AvgIpc) is 2.93. The van der Waals surface area contributed by atoms with Crippen LogP contribution in [0.2, 0.25) is 0 Å². The van der Waals surface area contributed by atoms with E-state index < -0.39 is 23.5 Å². The number of ether oxygens (including phenoxy) is 2. The van der Waals surface area contributed by atoms with Gasteiger partial charge >= 0.3 is 0 Å². The Balaban J connectivity index is 1.63. The Morgan fingerprint density at radius 3 is 2.44 bits per heavy atom. The van der Waals surface area contributed by atoms with Gasteiger partial charge in [-0.2, -0.15) is 0 Å². The highest BCUT2D eigenvalue weighted by molar-refractivity contribution is 6.10. The first-order chi connectivity index (χ1) is 18.8. The van der Waals surface area contributed by atoms with Crippen LogP contribution in [0.3, 0.4) is 0 Å². The smallest absolute Gasteiger partial charge is 0.254 e. The van der Waals surface area contributed by atoms with E-state index >= 15 is 0 Å². The van der Waals surface area contributed by atoms with Crippen LogP contribution in [-0.2, 0) is 9.59 Å². The molecule has 0 spiro atoms. The highest BCUT2D eigenvalue weighted by atomic mass is 19.1. The Labute approximate surface area is 225 Å². The van der Waals surface area contributed by atoms with Crippen LogP contribution >= 0.6 is 0 Å². The van der Waals surface area contributed by atoms with E-state index in [1.165, 1.54) is 14.2 Å². The number of ketones is 1. The molecule has 1 amide bonds. The van der Waals surface area contributed by atoms with Gasteiger partial charge in [0, 0.05) is 40.6 Å². The van der Waals surface area contributed by atoms with Crippen molar-refractivity contribution in [2.24, 2.45) is 0 Å². The van der Waals surface area contributed by atoms with Crippen LogP contribution in [0.4, 0.5) is 14.5 Å². The third-order valence-electron chi connectivity index (χ3n) is 7.27. The number of benzene rings is 3. The Bertz CT molecular complexity index is 1510. The van der Waals surface area contributed by atoms with E-state index in [-0.39, 0.29) is 29.4 Å². The molecule has 0 aromatic heterocycles. The van der Waals surface area contributed by atoms with Crippen molar-refractivity contribution in [2.45, 2.75) is 31.6 Å². The van der Waals surface area contributed by atoms with Crippen molar-refractivity contribution in [2.75, 3.05) is 19.5 Å². The number of methoxy groups -OCH3 is 2. The number of halogens is 2. The molecule has 2 atom stereocenters. The van der Waals surface area contributed by atoms with Gasteiger partial charge < -0.3 is 20.1 Å². The lowest BCUT2D eigenvalue weighted by atomic mass is 9.71. The second-order valence-corrected chi connectivity index (χ2v) is 9.61. The van der Waals surface area contributed by atoms with Gasteiger partial charge in [-0.15, -0.1) is 0 Å². The number of dihydropyridines is 1. The van der Waals surface area contributed by atoms with E-state index in [1.54, 1.807) is 25.1 Å². The fourth-order valence-corrected chi connectivity index (χ4v) is 5.46. The molecule has 1 aliphatic heterocycles. The van der Waals surface area contributed by atoms with Gasteiger partial charge in [-0.05, 0) is 55.2 Å². The first-order valence-corrected chi connectivity index (χ1v) is 12.6. The summed E-state index contributed by atoms with van der Waals surface area (Å²) < 4.78 is 39.0. The normalized spacial score (nSPS) is 18.8. The molecule has 0 saturated carbocycles. The van der Waals surface area contributed by atoms with Crippen LogP contribution in [0.15, 0.2) is 89.3 Å². The highest BCUT2D eigenvalue weighted by Gasteiger charge is 2.42. The van der Waals surface area contributed by atoms with Crippen LogP contribution in [0, 0.1) is 11.6 Å². The zero-order chi connectivity index (χ0) is 27.7. The minimum atomic E-state index is -0.903. The number of carbonyl (C=O) groups excluding carboxylic acids is 2. The van der Waals surface area contributed by atoms with E-state index in [0.717, 1.165) is 23.4 Å². The van der Waals surface area contributed by atoms with Crippen molar-refractivity contribution >= 4 is 17.4 Å². The lowest BCUT2D eigenvalue weighted by Crippen LogP contribution is -2.37. The number of amides is 1. The minimum Gasteiger partial charge on any atom is -0.497 e. The largest absolute Gasteiger partial charge is 0.497 e. The molecule has 5 rings (SSSR count). The maximum Gasteiger partial charge on any atom is 0.254 e. The van der Waals surface area contributed by atoms with Gasteiger partial charge in [0.05, 0.1) is 25.8 Å². The molecule has 2 aliphatic rings.